The van der Waals surface area contributed by atoms with E-state index in [4.69, 9.17) is 0 Å². The van der Waals surface area contributed by atoms with E-state index in [1.54, 1.807) is 0 Å². The fraction of sp³-hybridized carbons (Fsp3) is 0.583. The van der Waals surface area contributed by atoms with Crippen LogP contribution in [0.2, 0.25) is 0 Å². The van der Waals surface area contributed by atoms with Gasteiger partial charge in [0.2, 0.25) is 0 Å². The summed E-state index contributed by atoms with van der Waals surface area (Å²) in [5, 5.41) is 0. The first kappa shape index (κ1) is 20.0. The molecule has 0 radical (unpaired) electrons. The maximum absolute atomic E-state index is 2.64. The van der Waals surface area contributed by atoms with E-state index in [2.05, 4.69) is 74.2 Å². The Kier molecular flexibility index (Phi) is 8.48. The van der Waals surface area contributed by atoms with Gasteiger partial charge in [-0.05, 0) is 48.8 Å². The van der Waals surface area contributed by atoms with Crippen molar-refractivity contribution in [2.24, 2.45) is 5.41 Å². The van der Waals surface area contributed by atoms with Gasteiger partial charge in [0.25, 0.3) is 0 Å². The Labute approximate surface area is 155 Å². The fourth-order valence-corrected chi connectivity index (χ4v) is 3.54. The predicted molar refractivity (Wildman–Crippen MR) is 111 cm³/mol. The van der Waals surface area contributed by atoms with Gasteiger partial charge in [-0.3, -0.25) is 4.90 Å². The van der Waals surface area contributed by atoms with Gasteiger partial charge in [-0.2, -0.15) is 0 Å². The molecule has 0 fully saturated rings. The molecule has 0 saturated carbocycles. The van der Waals surface area contributed by atoms with Crippen molar-refractivity contribution in [2.75, 3.05) is 13.1 Å². The van der Waals surface area contributed by atoms with Gasteiger partial charge in [0.05, 0.1) is 0 Å². The number of nitrogens with zero attached hydrogens (tertiary/aromatic N) is 1. The Bertz CT molecular complexity index is 538. The van der Waals surface area contributed by atoms with Crippen LogP contribution in [0, 0.1) is 5.41 Å². The molecule has 0 atom stereocenters. The Morgan fingerprint density at radius 3 is 2.44 bits per heavy atom. The summed E-state index contributed by atoms with van der Waals surface area (Å²) in [6.45, 7) is 10.5. The highest BCUT2D eigenvalue weighted by Gasteiger charge is 2.19. The van der Waals surface area contributed by atoms with Crippen LogP contribution in [0.25, 0.3) is 0 Å². The highest BCUT2D eigenvalue weighted by atomic mass is 15.1. The maximum atomic E-state index is 2.64. The van der Waals surface area contributed by atoms with Crippen LogP contribution in [-0.4, -0.2) is 18.0 Å². The first-order valence-electron chi connectivity index (χ1n) is 10.2. The monoisotopic (exact) mass is 339 g/mol. The second-order valence-electron chi connectivity index (χ2n) is 8.33. The fourth-order valence-electron chi connectivity index (χ4n) is 3.54. The van der Waals surface area contributed by atoms with Crippen molar-refractivity contribution in [2.45, 2.75) is 72.3 Å². The van der Waals surface area contributed by atoms with Gasteiger partial charge in [-0.25, -0.2) is 0 Å². The van der Waals surface area contributed by atoms with E-state index in [0.29, 0.717) is 5.41 Å². The van der Waals surface area contributed by atoms with Crippen LogP contribution in [0.3, 0.4) is 0 Å². The third-order valence-electron chi connectivity index (χ3n) is 5.29. The molecule has 0 bridgehead atoms. The van der Waals surface area contributed by atoms with Gasteiger partial charge >= 0.3 is 0 Å². The maximum Gasteiger partial charge on any atom is 0.0237 e. The second-order valence-corrected chi connectivity index (χ2v) is 8.33. The second kappa shape index (κ2) is 10.6. The minimum atomic E-state index is 0.445. The summed E-state index contributed by atoms with van der Waals surface area (Å²) in [7, 11) is 0. The van der Waals surface area contributed by atoms with Crippen molar-refractivity contribution in [3.8, 4) is 0 Å². The van der Waals surface area contributed by atoms with E-state index in [1.165, 1.54) is 62.6 Å². The van der Waals surface area contributed by atoms with E-state index < -0.39 is 0 Å². The van der Waals surface area contributed by atoms with Crippen LogP contribution < -0.4 is 0 Å². The van der Waals surface area contributed by atoms with Crippen LogP contribution in [0.4, 0.5) is 0 Å². The summed E-state index contributed by atoms with van der Waals surface area (Å²) in [6, 6.07) is 10.9. The first-order chi connectivity index (χ1) is 12.1. The first-order valence-corrected chi connectivity index (χ1v) is 10.2. The Morgan fingerprint density at radius 2 is 1.76 bits per heavy atom. The molecule has 1 nitrogen and oxygen atoms in total. The lowest BCUT2D eigenvalue weighted by atomic mass is 9.83. The minimum absolute atomic E-state index is 0.445. The molecule has 0 aliphatic heterocycles. The number of hydrogen-bond donors (Lipinski definition) is 0. The van der Waals surface area contributed by atoms with Crippen LogP contribution in [0.15, 0.2) is 54.1 Å². The van der Waals surface area contributed by atoms with E-state index in [0.717, 1.165) is 13.1 Å². The van der Waals surface area contributed by atoms with Gasteiger partial charge in [-0.1, -0.05) is 88.6 Å². The van der Waals surface area contributed by atoms with Crippen molar-refractivity contribution in [1.29, 1.82) is 0 Å². The van der Waals surface area contributed by atoms with Crippen LogP contribution in [0.1, 0.15) is 71.3 Å². The van der Waals surface area contributed by atoms with Crippen molar-refractivity contribution in [1.82, 2.24) is 4.90 Å². The van der Waals surface area contributed by atoms with Gasteiger partial charge in [0.15, 0.2) is 0 Å². The topological polar surface area (TPSA) is 3.24 Å². The summed E-state index contributed by atoms with van der Waals surface area (Å²) in [6.07, 6.45) is 16.2. The molecule has 25 heavy (non-hydrogen) atoms. The molecule has 2 rings (SSSR count). The lowest BCUT2D eigenvalue weighted by Crippen LogP contribution is -2.30. The number of hydrogen-bond acceptors (Lipinski definition) is 1. The molecule has 1 aliphatic rings. The van der Waals surface area contributed by atoms with Crippen molar-refractivity contribution < 1.29 is 0 Å². The Balaban J connectivity index is 1.93. The highest BCUT2D eigenvalue weighted by molar-refractivity contribution is 5.24. The Morgan fingerprint density at radius 1 is 0.960 bits per heavy atom. The van der Waals surface area contributed by atoms with Gasteiger partial charge in [0, 0.05) is 13.1 Å². The van der Waals surface area contributed by atoms with E-state index >= 15 is 0 Å². The smallest absolute Gasteiger partial charge is 0.0237 e. The standard InChI is InChI=1S/C24H37N/c1-4-5-12-17-24(2,3)18-19-25(20-22-13-8-6-9-14-22)21-23-15-10-7-11-16-23/h6,8-10,13-16H,4-5,7,11-12,17-21H2,1-3H3. The Hall–Kier alpha value is -1.34. The van der Waals surface area contributed by atoms with E-state index in [9.17, 15) is 0 Å². The summed E-state index contributed by atoms with van der Waals surface area (Å²) >= 11 is 0. The van der Waals surface area contributed by atoms with Gasteiger partial charge < -0.3 is 0 Å². The zero-order valence-electron chi connectivity index (χ0n) is 16.6. The summed E-state index contributed by atoms with van der Waals surface area (Å²) in [4.78, 5) is 2.64. The number of rotatable bonds is 11. The molecule has 0 aromatic heterocycles. The number of allylic oxidation sites excluding steroid dienone is 2. The molecular weight excluding hydrogens is 302 g/mol. The third-order valence-corrected chi connectivity index (χ3v) is 5.29. The third kappa shape index (κ3) is 8.05. The number of unbranched alkanes of at least 4 members (excludes halogenated alkanes) is 2. The van der Waals surface area contributed by atoms with Crippen LogP contribution >= 0.6 is 0 Å². The summed E-state index contributed by atoms with van der Waals surface area (Å²) in [5.74, 6) is 0. The average molecular weight is 340 g/mol. The SMILES string of the molecule is CCCCCC(C)(C)CCN(CC1=CCCC=C1)Cc1ccccc1. The zero-order valence-corrected chi connectivity index (χ0v) is 16.6. The summed E-state index contributed by atoms with van der Waals surface area (Å²) in [5.41, 5.74) is 3.36. The molecular formula is C24H37N. The van der Waals surface area contributed by atoms with Crippen LogP contribution in [0.5, 0.6) is 0 Å². The normalized spacial score (nSPS) is 14.8. The van der Waals surface area contributed by atoms with E-state index in [1.807, 2.05) is 0 Å². The molecule has 0 saturated heterocycles. The molecule has 1 aliphatic carbocycles. The van der Waals surface area contributed by atoms with E-state index in [-0.39, 0.29) is 0 Å². The van der Waals surface area contributed by atoms with Gasteiger partial charge in [-0.15, -0.1) is 0 Å². The van der Waals surface area contributed by atoms with Crippen molar-refractivity contribution >= 4 is 0 Å². The number of benzene rings is 1. The lowest BCUT2D eigenvalue weighted by molar-refractivity contribution is 0.211. The molecule has 0 N–H and O–H groups in total. The highest BCUT2D eigenvalue weighted by Crippen LogP contribution is 2.28. The molecule has 1 aromatic carbocycles. The zero-order chi connectivity index (χ0) is 18.0. The van der Waals surface area contributed by atoms with Gasteiger partial charge in [0.1, 0.15) is 0 Å². The molecule has 0 heterocycles. The van der Waals surface area contributed by atoms with Crippen molar-refractivity contribution in [3.63, 3.8) is 0 Å². The largest absolute Gasteiger partial charge is 0.295 e. The molecule has 1 aromatic rings. The molecule has 0 amide bonds. The molecule has 138 valence electrons. The summed E-state index contributed by atoms with van der Waals surface area (Å²) < 4.78 is 0. The van der Waals surface area contributed by atoms with Crippen LogP contribution in [-0.2, 0) is 6.54 Å². The molecule has 0 unspecified atom stereocenters. The lowest BCUT2D eigenvalue weighted by Gasteiger charge is -2.30. The quantitative estimate of drug-likeness (QED) is 0.402. The average Bonchev–Trinajstić information content (AvgIpc) is 2.62. The minimum Gasteiger partial charge on any atom is -0.295 e. The van der Waals surface area contributed by atoms with Crippen molar-refractivity contribution in [3.05, 3.63) is 59.7 Å². The molecule has 1 heteroatoms. The predicted octanol–water partition coefficient (Wildman–Crippen LogP) is 6.76. The molecule has 0 spiro atoms.